The van der Waals surface area contributed by atoms with Crippen molar-refractivity contribution in [2.24, 2.45) is 5.92 Å². The van der Waals surface area contributed by atoms with Gasteiger partial charge >= 0.3 is 0 Å². The number of nitrogens with zero attached hydrogens (tertiary/aromatic N) is 3. The third kappa shape index (κ3) is 7.12. The van der Waals surface area contributed by atoms with Crippen LogP contribution in [-0.4, -0.2) is 59.8 Å². The fourth-order valence-corrected chi connectivity index (χ4v) is 4.43. The first-order valence-corrected chi connectivity index (χ1v) is 13.1. The minimum absolute atomic E-state index is 0.0102. The van der Waals surface area contributed by atoms with Crippen LogP contribution < -0.4 is 4.90 Å². The normalized spacial score (nSPS) is 12.1. The molecule has 0 aliphatic rings. The number of rotatable bonds is 12. The highest BCUT2D eigenvalue weighted by atomic mass is 16.2. The minimum Gasteiger partial charge on any atom is -0.378 e. The van der Waals surface area contributed by atoms with Crippen LogP contribution in [0.3, 0.4) is 0 Å². The number of hydrogen-bond acceptors (Lipinski definition) is 3. The van der Waals surface area contributed by atoms with Crippen molar-refractivity contribution >= 4 is 28.4 Å². The molecule has 6 nitrogen and oxygen atoms in total. The zero-order valence-electron chi connectivity index (χ0n) is 22.8. The summed E-state index contributed by atoms with van der Waals surface area (Å²) < 4.78 is 0. The van der Waals surface area contributed by atoms with Gasteiger partial charge < -0.3 is 19.7 Å². The van der Waals surface area contributed by atoms with E-state index in [4.69, 9.17) is 0 Å². The van der Waals surface area contributed by atoms with Gasteiger partial charge in [0.15, 0.2) is 0 Å². The van der Waals surface area contributed by atoms with Crippen molar-refractivity contribution in [1.29, 1.82) is 0 Å². The second-order valence-corrected chi connectivity index (χ2v) is 10.4. The number of para-hydroxylation sites is 1. The molecule has 2 amide bonds. The van der Waals surface area contributed by atoms with Gasteiger partial charge in [0.1, 0.15) is 0 Å². The standard InChI is InChI=1S/C30H42N4O2/c1-7-23(4)34(29(35)18-22(2)3)21-30(36)33(20-24-12-14-26(15-13-24)32(5)6)17-16-25-19-31-28-11-9-8-10-27(25)28/h8-15,19,22-23,31H,7,16-18,20-21H2,1-6H3. The number of amides is 2. The molecule has 0 spiro atoms. The van der Waals surface area contributed by atoms with Crippen LogP contribution in [0.4, 0.5) is 5.69 Å². The lowest BCUT2D eigenvalue weighted by atomic mass is 10.1. The smallest absolute Gasteiger partial charge is 0.242 e. The number of carbonyl (C=O) groups is 2. The lowest BCUT2D eigenvalue weighted by Gasteiger charge is -2.32. The molecule has 0 fully saturated rings. The lowest BCUT2D eigenvalue weighted by Crippen LogP contribution is -2.47. The van der Waals surface area contributed by atoms with Gasteiger partial charge in [-0.25, -0.2) is 0 Å². The first-order chi connectivity index (χ1) is 17.2. The summed E-state index contributed by atoms with van der Waals surface area (Å²) in [6, 6.07) is 16.6. The minimum atomic E-state index is -0.0102. The average molecular weight is 491 g/mol. The Kier molecular flexibility index (Phi) is 9.57. The van der Waals surface area contributed by atoms with Gasteiger partial charge in [-0.05, 0) is 55.0 Å². The van der Waals surface area contributed by atoms with Crippen molar-refractivity contribution < 1.29 is 9.59 Å². The Morgan fingerprint density at radius 2 is 1.64 bits per heavy atom. The van der Waals surface area contributed by atoms with Crippen molar-refractivity contribution in [2.75, 3.05) is 32.1 Å². The predicted octanol–water partition coefficient (Wildman–Crippen LogP) is 5.48. The SMILES string of the molecule is CCC(C)N(CC(=O)N(CCc1c[nH]c2ccccc12)Cc1ccc(N(C)C)cc1)C(=O)CC(C)C. The van der Waals surface area contributed by atoms with E-state index in [0.717, 1.165) is 29.6 Å². The highest BCUT2D eigenvalue weighted by molar-refractivity contribution is 5.86. The molecular weight excluding hydrogens is 448 g/mol. The molecule has 0 bridgehead atoms. The summed E-state index contributed by atoms with van der Waals surface area (Å²) in [5.74, 6) is 0.302. The van der Waals surface area contributed by atoms with Gasteiger partial charge in [-0.15, -0.1) is 0 Å². The first kappa shape index (κ1) is 27.3. The van der Waals surface area contributed by atoms with E-state index in [2.05, 4.69) is 53.2 Å². The summed E-state index contributed by atoms with van der Waals surface area (Å²) in [6.45, 7) is 9.39. The van der Waals surface area contributed by atoms with Crippen molar-refractivity contribution in [1.82, 2.24) is 14.8 Å². The maximum Gasteiger partial charge on any atom is 0.242 e. The van der Waals surface area contributed by atoms with Crippen molar-refractivity contribution in [3.63, 3.8) is 0 Å². The van der Waals surface area contributed by atoms with Crippen LogP contribution in [0.25, 0.3) is 10.9 Å². The molecule has 6 heteroatoms. The summed E-state index contributed by atoms with van der Waals surface area (Å²) in [6.07, 6.45) is 4.06. The number of fused-ring (bicyclic) bond motifs is 1. The Morgan fingerprint density at radius 1 is 0.944 bits per heavy atom. The Hall–Kier alpha value is -3.28. The van der Waals surface area contributed by atoms with E-state index in [0.29, 0.717) is 19.5 Å². The van der Waals surface area contributed by atoms with E-state index < -0.39 is 0 Å². The molecule has 3 rings (SSSR count). The fraction of sp³-hybridized carbons (Fsp3) is 0.467. The Labute approximate surface area is 216 Å². The number of anilines is 1. The number of H-pyrrole nitrogens is 1. The second kappa shape index (κ2) is 12.6. The number of aromatic nitrogens is 1. The van der Waals surface area contributed by atoms with E-state index in [9.17, 15) is 9.59 Å². The van der Waals surface area contributed by atoms with Crippen LogP contribution in [0, 0.1) is 5.92 Å². The van der Waals surface area contributed by atoms with Crippen LogP contribution >= 0.6 is 0 Å². The predicted molar refractivity (Wildman–Crippen MR) is 149 cm³/mol. The highest BCUT2D eigenvalue weighted by Crippen LogP contribution is 2.20. The molecule has 1 N–H and O–H groups in total. The first-order valence-electron chi connectivity index (χ1n) is 13.1. The van der Waals surface area contributed by atoms with Crippen LogP contribution in [0.15, 0.2) is 54.7 Å². The third-order valence-electron chi connectivity index (χ3n) is 6.84. The molecule has 1 aromatic heterocycles. The van der Waals surface area contributed by atoms with Gasteiger partial charge in [-0.1, -0.05) is 51.1 Å². The van der Waals surface area contributed by atoms with Crippen LogP contribution in [-0.2, 0) is 22.6 Å². The zero-order valence-corrected chi connectivity index (χ0v) is 22.8. The summed E-state index contributed by atoms with van der Waals surface area (Å²) in [5, 5.41) is 1.19. The van der Waals surface area contributed by atoms with Gasteiger partial charge in [0.05, 0.1) is 6.54 Å². The van der Waals surface area contributed by atoms with Crippen LogP contribution in [0.2, 0.25) is 0 Å². The Morgan fingerprint density at radius 3 is 2.28 bits per heavy atom. The molecule has 0 saturated carbocycles. The molecule has 0 aliphatic heterocycles. The molecule has 1 atom stereocenters. The van der Waals surface area contributed by atoms with Gasteiger partial charge in [-0.3, -0.25) is 9.59 Å². The molecule has 3 aromatic rings. The maximum absolute atomic E-state index is 13.7. The van der Waals surface area contributed by atoms with E-state index in [-0.39, 0.29) is 30.3 Å². The molecule has 36 heavy (non-hydrogen) atoms. The molecule has 2 aromatic carbocycles. The quantitative estimate of drug-likeness (QED) is 0.366. The average Bonchev–Trinajstić information content (AvgIpc) is 3.27. The molecule has 0 saturated heterocycles. The van der Waals surface area contributed by atoms with E-state index in [1.807, 2.05) is 58.1 Å². The summed E-state index contributed by atoms with van der Waals surface area (Å²) in [4.78, 5) is 35.8. The zero-order chi connectivity index (χ0) is 26.2. The molecule has 1 heterocycles. The molecule has 1 unspecified atom stereocenters. The number of hydrogen-bond donors (Lipinski definition) is 1. The fourth-order valence-electron chi connectivity index (χ4n) is 4.43. The van der Waals surface area contributed by atoms with Crippen LogP contribution in [0.1, 0.15) is 51.7 Å². The topological polar surface area (TPSA) is 59.7 Å². The number of carbonyl (C=O) groups excluding carboxylic acids is 2. The van der Waals surface area contributed by atoms with Crippen molar-refractivity contribution in [3.8, 4) is 0 Å². The summed E-state index contributed by atoms with van der Waals surface area (Å²) >= 11 is 0. The highest BCUT2D eigenvalue weighted by Gasteiger charge is 2.25. The summed E-state index contributed by atoms with van der Waals surface area (Å²) in [7, 11) is 4.04. The molecular formula is C30H42N4O2. The van der Waals surface area contributed by atoms with Gasteiger partial charge in [0, 0.05) is 62.4 Å². The second-order valence-electron chi connectivity index (χ2n) is 10.4. The largest absolute Gasteiger partial charge is 0.378 e. The lowest BCUT2D eigenvalue weighted by molar-refractivity contribution is -0.143. The number of nitrogens with one attached hydrogen (secondary N) is 1. The van der Waals surface area contributed by atoms with E-state index in [1.165, 1.54) is 10.9 Å². The number of aromatic amines is 1. The Balaban J connectivity index is 1.81. The monoisotopic (exact) mass is 490 g/mol. The van der Waals surface area contributed by atoms with Gasteiger partial charge in [0.25, 0.3) is 0 Å². The van der Waals surface area contributed by atoms with Crippen molar-refractivity contribution in [3.05, 3.63) is 65.9 Å². The molecule has 194 valence electrons. The Bertz CT molecular complexity index is 1130. The third-order valence-corrected chi connectivity index (χ3v) is 6.84. The maximum atomic E-state index is 13.7. The molecule has 0 radical (unpaired) electrons. The van der Waals surface area contributed by atoms with Crippen molar-refractivity contribution in [2.45, 2.75) is 59.5 Å². The summed E-state index contributed by atoms with van der Waals surface area (Å²) in [5.41, 5.74) is 4.50. The van der Waals surface area contributed by atoms with Gasteiger partial charge in [0.2, 0.25) is 11.8 Å². The van der Waals surface area contributed by atoms with Gasteiger partial charge in [-0.2, -0.15) is 0 Å². The molecule has 0 aliphatic carbocycles. The number of benzene rings is 2. The van der Waals surface area contributed by atoms with E-state index >= 15 is 0 Å². The van der Waals surface area contributed by atoms with Crippen LogP contribution in [0.5, 0.6) is 0 Å². The van der Waals surface area contributed by atoms with E-state index in [1.54, 1.807) is 4.90 Å².